The molecule has 12 heavy (non-hydrogen) atoms. The largest absolute Gasteiger partial charge is 0.493 e. The highest BCUT2D eigenvalue weighted by atomic mass is 16.4. The first-order valence-electron chi connectivity index (χ1n) is 3.12. The number of nitrogens with one attached hydrogen (secondary N) is 1. The molecule has 1 heterocycles. The number of rotatable bonds is 1. The zero-order valence-corrected chi connectivity index (χ0v) is 6.27. The minimum absolute atomic E-state index is 0.164. The number of aryl methyl sites for hydroxylation is 1. The summed E-state index contributed by atoms with van der Waals surface area (Å²) in [5.74, 6) is -0.151. The molecule has 0 aromatic carbocycles. The van der Waals surface area contributed by atoms with Gasteiger partial charge < -0.3 is 15.3 Å². The first-order valence-corrected chi connectivity index (χ1v) is 3.12. The summed E-state index contributed by atoms with van der Waals surface area (Å²) in [6, 6.07) is 0. The predicted molar refractivity (Wildman–Crippen MR) is 40.6 cm³/mol. The summed E-state index contributed by atoms with van der Waals surface area (Å²) in [5, 5.41) is 19.8. The molecule has 1 rings (SSSR count). The summed E-state index contributed by atoms with van der Waals surface area (Å²) >= 11 is 0. The second kappa shape index (κ2) is 3.04. The van der Waals surface area contributed by atoms with Crippen LogP contribution in [0.3, 0.4) is 0 Å². The molecule has 0 bridgehead atoms. The zero-order chi connectivity index (χ0) is 9.14. The van der Waals surface area contributed by atoms with E-state index in [1.807, 2.05) is 0 Å². The van der Waals surface area contributed by atoms with Gasteiger partial charge in [0.1, 0.15) is 11.4 Å². The van der Waals surface area contributed by atoms with Crippen molar-refractivity contribution in [3.05, 3.63) is 21.7 Å². The maximum absolute atomic E-state index is 11.0. The van der Waals surface area contributed by atoms with Gasteiger partial charge in [0.2, 0.25) is 5.88 Å². The summed E-state index contributed by atoms with van der Waals surface area (Å²) in [6.45, 7) is 1.53. The highest BCUT2D eigenvalue weighted by Crippen LogP contribution is 2.04. The van der Waals surface area contributed by atoms with Crippen LogP contribution in [-0.4, -0.2) is 26.5 Å². The Balaban J connectivity index is 3.38. The lowest BCUT2D eigenvalue weighted by atomic mass is 10.3. The van der Waals surface area contributed by atoms with E-state index < -0.39 is 11.4 Å². The van der Waals surface area contributed by atoms with E-state index in [1.54, 1.807) is 0 Å². The molecule has 0 fully saturated rings. The van der Waals surface area contributed by atoms with Crippen LogP contribution in [0.15, 0.2) is 9.95 Å². The first-order chi connectivity index (χ1) is 5.65. The van der Waals surface area contributed by atoms with Gasteiger partial charge in [0.05, 0.1) is 6.21 Å². The van der Waals surface area contributed by atoms with Gasteiger partial charge in [-0.25, -0.2) is 4.98 Å². The molecule has 0 saturated heterocycles. The molecule has 1 aromatic rings. The zero-order valence-electron chi connectivity index (χ0n) is 6.27. The normalized spacial score (nSPS) is 10.8. The average molecular weight is 169 g/mol. The lowest BCUT2D eigenvalue weighted by molar-refractivity contribution is 0.321. The number of nitrogens with zero attached hydrogens (tertiary/aromatic N) is 2. The minimum atomic E-state index is -0.544. The molecule has 0 unspecified atom stereocenters. The van der Waals surface area contributed by atoms with Crippen LogP contribution in [-0.2, 0) is 0 Å². The molecule has 6 nitrogen and oxygen atoms in total. The van der Waals surface area contributed by atoms with Crippen LogP contribution in [0.4, 0.5) is 0 Å². The molecule has 6 heteroatoms. The second-order valence-electron chi connectivity index (χ2n) is 2.13. The molecule has 0 aliphatic rings. The summed E-state index contributed by atoms with van der Waals surface area (Å²) < 4.78 is 0. The second-order valence-corrected chi connectivity index (χ2v) is 2.13. The molecule has 3 N–H and O–H groups in total. The van der Waals surface area contributed by atoms with Crippen molar-refractivity contribution >= 4 is 6.21 Å². The van der Waals surface area contributed by atoms with E-state index in [4.69, 9.17) is 10.3 Å². The van der Waals surface area contributed by atoms with E-state index >= 15 is 0 Å². The maximum atomic E-state index is 11.0. The standard InChI is InChI=1S/C6H7N3O3/c1-3-8-5(10)4(2-7-12)6(11)9-3/h2,12H,1H3,(H2,8,9,10,11)/b7-2+. The summed E-state index contributed by atoms with van der Waals surface area (Å²) in [4.78, 5) is 16.9. The number of aromatic nitrogens is 2. The van der Waals surface area contributed by atoms with Gasteiger partial charge in [-0.15, -0.1) is 0 Å². The van der Waals surface area contributed by atoms with Gasteiger partial charge in [0.25, 0.3) is 5.56 Å². The fourth-order valence-electron chi connectivity index (χ4n) is 0.754. The van der Waals surface area contributed by atoms with Gasteiger partial charge in [-0.3, -0.25) is 4.79 Å². The number of hydrogen-bond acceptors (Lipinski definition) is 5. The lowest BCUT2D eigenvalue weighted by Gasteiger charge is -1.96. The highest BCUT2D eigenvalue weighted by Gasteiger charge is 2.05. The van der Waals surface area contributed by atoms with Crippen molar-refractivity contribution in [1.29, 1.82) is 0 Å². The smallest absolute Gasteiger partial charge is 0.263 e. The van der Waals surface area contributed by atoms with Crippen molar-refractivity contribution in [3.8, 4) is 5.88 Å². The van der Waals surface area contributed by atoms with Crippen LogP contribution in [0.25, 0.3) is 0 Å². The topological polar surface area (TPSA) is 98.6 Å². The van der Waals surface area contributed by atoms with Crippen molar-refractivity contribution in [2.24, 2.45) is 5.16 Å². The van der Waals surface area contributed by atoms with E-state index in [-0.39, 0.29) is 5.56 Å². The Morgan fingerprint density at radius 1 is 1.67 bits per heavy atom. The van der Waals surface area contributed by atoms with Crippen molar-refractivity contribution in [3.63, 3.8) is 0 Å². The Kier molecular flexibility index (Phi) is 2.09. The molecule has 0 spiro atoms. The van der Waals surface area contributed by atoms with Crippen molar-refractivity contribution in [1.82, 2.24) is 9.97 Å². The Labute approximate surface area is 67.2 Å². The number of oxime groups is 1. The molecule has 0 aliphatic carbocycles. The van der Waals surface area contributed by atoms with E-state index in [0.717, 1.165) is 6.21 Å². The van der Waals surface area contributed by atoms with Crippen molar-refractivity contribution in [2.45, 2.75) is 6.92 Å². The molecular formula is C6H7N3O3. The van der Waals surface area contributed by atoms with Gasteiger partial charge in [-0.1, -0.05) is 5.16 Å². The van der Waals surface area contributed by atoms with Gasteiger partial charge in [-0.2, -0.15) is 0 Å². The third-order valence-electron chi connectivity index (χ3n) is 1.24. The summed E-state index contributed by atoms with van der Waals surface area (Å²) in [6.07, 6.45) is 0.820. The average Bonchev–Trinajstić information content (AvgIpc) is 1.96. The molecule has 1 aromatic heterocycles. The van der Waals surface area contributed by atoms with E-state index in [9.17, 15) is 4.79 Å². The van der Waals surface area contributed by atoms with Crippen LogP contribution < -0.4 is 5.56 Å². The molecule has 0 amide bonds. The SMILES string of the molecule is Cc1nc(O)c(/C=N/O)c(=O)[nH]1. The molecule has 0 saturated carbocycles. The van der Waals surface area contributed by atoms with Gasteiger partial charge >= 0.3 is 0 Å². The van der Waals surface area contributed by atoms with Gasteiger partial charge in [0, 0.05) is 0 Å². The molecule has 0 atom stereocenters. The third kappa shape index (κ3) is 1.42. The number of aromatic amines is 1. The van der Waals surface area contributed by atoms with Crippen LogP contribution in [0.1, 0.15) is 11.4 Å². The quantitative estimate of drug-likeness (QED) is 0.302. The predicted octanol–water partition coefficient (Wildman–Crippen LogP) is -0.408. The Bertz CT molecular complexity index is 369. The number of H-pyrrole nitrogens is 1. The number of hydrogen-bond donors (Lipinski definition) is 3. The van der Waals surface area contributed by atoms with Crippen LogP contribution in [0.5, 0.6) is 5.88 Å². The number of aromatic hydroxyl groups is 1. The fraction of sp³-hybridized carbons (Fsp3) is 0.167. The molecule has 0 aliphatic heterocycles. The lowest BCUT2D eigenvalue weighted by Crippen LogP contribution is -2.14. The van der Waals surface area contributed by atoms with E-state index in [1.165, 1.54) is 6.92 Å². The van der Waals surface area contributed by atoms with E-state index in [0.29, 0.717) is 5.82 Å². The third-order valence-corrected chi connectivity index (χ3v) is 1.24. The van der Waals surface area contributed by atoms with Crippen LogP contribution >= 0.6 is 0 Å². The van der Waals surface area contributed by atoms with Crippen molar-refractivity contribution in [2.75, 3.05) is 0 Å². The van der Waals surface area contributed by atoms with Gasteiger partial charge in [0.15, 0.2) is 0 Å². The van der Waals surface area contributed by atoms with Crippen molar-refractivity contribution < 1.29 is 10.3 Å². The highest BCUT2D eigenvalue weighted by molar-refractivity contribution is 5.81. The molecule has 0 radical (unpaired) electrons. The minimum Gasteiger partial charge on any atom is -0.493 e. The Hall–Kier alpha value is -1.85. The Morgan fingerprint density at radius 2 is 2.33 bits per heavy atom. The Morgan fingerprint density at radius 3 is 2.83 bits per heavy atom. The van der Waals surface area contributed by atoms with Crippen LogP contribution in [0, 0.1) is 6.92 Å². The molecular weight excluding hydrogens is 162 g/mol. The molecule has 64 valence electrons. The summed E-state index contributed by atoms with van der Waals surface area (Å²) in [5.41, 5.74) is -0.707. The first kappa shape index (κ1) is 8.25. The summed E-state index contributed by atoms with van der Waals surface area (Å²) in [7, 11) is 0. The fourth-order valence-corrected chi connectivity index (χ4v) is 0.754. The van der Waals surface area contributed by atoms with Crippen LogP contribution in [0.2, 0.25) is 0 Å². The maximum Gasteiger partial charge on any atom is 0.263 e. The monoisotopic (exact) mass is 169 g/mol. The van der Waals surface area contributed by atoms with E-state index in [2.05, 4.69) is 15.1 Å². The van der Waals surface area contributed by atoms with Gasteiger partial charge in [-0.05, 0) is 6.92 Å².